The molecule has 0 aliphatic carbocycles. The van der Waals surface area contributed by atoms with Gasteiger partial charge in [0.1, 0.15) is 18.0 Å². The van der Waals surface area contributed by atoms with E-state index in [4.69, 9.17) is 4.74 Å². The molecule has 118 valence electrons. The fraction of sp³-hybridized carbons (Fsp3) is 0.222. The van der Waals surface area contributed by atoms with Gasteiger partial charge in [-0.3, -0.25) is 4.79 Å². The Morgan fingerprint density at radius 2 is 1.96 bits per heavy atom. The number of carbonyl (C=O) groups is 1. The van der Waals surface area contributed by atoms with Crippen molar-refractivity contribution in [2.24, 2.45) is 0 Å². The molecule has 0 bridgehead atoms. The summed E-state index contributed by atoms with van der Waals surface area (Å²) in [5.41, 5.74) is 3.58. The van der Waals surface area contributed by atoms with Gasteiger partial charge in [-0.15, -0.1) is 0 Å². The van der Waals surface area contributed by atoms with Gasteiger partial charge >= 0.3 is 0 Å². The second kappa shape index (κ2) is 6.12. The van der Waals surface area contributed by atoms with Crippen LogP contribution < -0.4 is 4.74 Å². The van der Waals surface area contributed by atoms with Gasteiger partial charge in [0.15, 0.2) is 0 Å². The van der Waals surface area contributed by atoms with Crippen molar-refractivity contribution in [1.82, 2.24) is 14.3 Å². The van der Waals surface area contributed by atoms with Crippen molar-refractivity contribution >= 4 is 11.6 Å². The lowest BCUT2D eigenvalue weighted by Gasteiger charge is -2.10. The quantitative estimate of drug-likeness (QED) is 0.744. The first-order valence-electron chi connectivity index (χ1n) is 7.42. The van der Waals surface area contributed by atoms with Gasteiger partial charge in [-0.1, -0.05) is 6.07 Å². The Balaban J connectivity index is 1.70. The third-order valence-corrected chi connectivity index (χ3v) is 3.62. The standard InChI is InChI=1S/C18H19N3O2/c1-13-5-4-10-21-11-15(19-17(13)21)12-23-16-8-6-14(7-9-16)18(22)20(2)3/h4-11H,12H2,1-3H3. The van der Waals surface area contributed by atoms with Crippen molar-refractivity contribution in [3.63, 3.8) is 0 Å². The molecule has 3 rings (SSSR count). The smallest absolute Gasteiger partial charge is 0.253 e. The maximum Gasteiger partial charge on any atom is 0.253 e. The molecule has 0 N–H and O–H groups in total. The van der Waals surface area contributed by atoms with Crippen LogP contribution in [-0.4, -0.2) is 34.3 Å². The molecule has 1 aromatic carbocycles. The molecule has 0 saturated carbocycles. The fourth-order valence-corrected chi connectivity index (χ4v) is 2.38. The van der Waals surface area contributed by atoms with Crippen molar-refractivity contribution in [2.75, 3.05) is 14.1 Å². The predicted octanol–water partition coefficient (Wildman–Crippen LogP) is 2.92. The molecule has 3 aromatic rings. The van der Waals surface area contributed by atoms with Crippen LogP contribution in [0.3, 0.4) is 0 Å². The number of hydrogen-bond acceptors (Lipinski definition) is 3. The van der Waals surface area contributed by atoms with Crippen LogP contribution in [0.2, 0.25) is 0 Å². The third-order valence-electron chi connectivity index (χ3n) is 3.62. The van der Waals surface area contributed by atoms with E-state index in [1.807, 2.05) is 35.9 Å². The fourth-order valence-electron chi connectivity index (χ4n) is 2.38. The largest absolute Gasteiger partial charge is 0.487 e. The number of imidazole rings is 1. The highest BCUT2D eigenvalue weighted by atomic mass is 16.5. The number of benzene rings is 1. The van der Waals surface area contributed by atoms with E-state index in [2.05, 4.69) is 4.98 Å². The van der Waals surface area contributed by atoms with Gasteiger partial charge in [0.2, 0.25) is 0 Å². The number of pyridine rings is 1. The Labute approximate surface area is 135 Å². The van der Waals surface area contributed by atoms with Crippen molar-refractivity contribution < 1.29 is 9.53 Å². The summed E-state index contributed by atoms with van der Waals surface area (Å²) >= 11 is 0. The minimum absolute atomic E-state index is 0.0209. The number of rotatable bonds is 4. The number of fused-ring (bicyclic) bond motifs is 1. The molecule has 0 fully saturated rings. The molecule has 2 heterocycles. The van der Waals surface area contributed by atoms with Crippen molar-refractivity contribution in [2.45, 2.75) is 13.5 Å². The van der Waals surface area contributed by atoms with E-state index in [1.165, 1.54) is 0 Å². The lowest BCUT2D eigenvalue weighted by molar-refractivity contribution is 0.0827. The van der Waals surface area contributed by atoms with Gasteiger partial charge in [0, 0.05) is 32.1 Å². The molecule has 23 heavy (non-hydrogen) atoms. The Morgan fingerprint density at radius 1 is 1.22 bits per heavy atom. The molecule has 0 atom stereocenters. The molecule has 0 saturated heterocycles. The maximum atomic E-state index is 11.8. The summed E-state index contributed by atoms with van der Waals surface area (Å²) in [6, 6.07) is 11.2. The summed E-state index contributed by atoms with van der Waals surface area (Å²) < 4.78 is 7.75. The highest BCUT2D eigenvalue weighted by molar-refractivity contribution is 5.93. The van der Waals surface area contributed by atoms with Crippen LogP contribution in [0, 0.1) is 6.92 Å². The summed E-state index contributed by atoms with van der Waals surface area (Å²) in [7, 11) is 3.47. The number of nitrogens with zero attached hydrogens (tertiary/aromatic N) is 3. The Kier molecular flexibility index (Phi) is 4.02. The molecule has 0 unspecified atom stereocenters. The number of ether oxygens (including phenoxy) is 1. The zero-order valence-electron chi connectivity index (χ0n) is 13.5. The minimum Gasteiger partial charge on any atom is -0.487 e. The van der Waals surface area contributed by atoms with Gasteiger partial charge in [0.25, 0.3) is 5.91 Å². The van der Waals surface area contributed by atoms with Crippen LogP contribution in [0.15, 0.2) is 48.8 Å². The zero-order valence-corrected chi connectivity index (χ0v) is 13.5. The zero-order chi connectivity index (χ0) is 16.4. The summed E-state index contributed by atoms with van der Waals surface area (Å²) in [5, 5.41) is 0. The Bertz CT molecular complexity index is 835. The van der Waals surface area contributed by atoms with E-state index in [1.54, 1.807) is 43.3 Å². The highest BCUT2D eigenvalue weighted by Gasteiger charge is 2.08. The van der Waals surface area contributed by atoms with Crippen molar-refractivity contribution in [1.29, 1.82) is 0 Å². The normalized spacial score (nSPS) is 10.7. The van der Waals surface area contributed by atoms with E-state index in [0.717, 1.165) is 16.9 Å². The van der Waals surface area contributed by atoms with Crippen LogP contribution in [0.5, 0.6) is 5.75 Å². The van der Waals surface area contributed by atoms with E-state index in [0.29, 0.717) is 17.9 Å². The molecule has 0 aliphatic rings. The number of hydrogen-bond donors (Lipinski definition) is 0. The first kappa shape index (κ1) is 15.1. The summed E-state index contributed by atoms with van der Waals surface area (Å²) in [5.74, 6) is 0.696. The van der Waals surface area contributed by atoms with Crippen LogP contribution in [0.25, 0.3) is 5.65 Å². The van der Waals surface area contributed by atoms with Crippen LogP contribution >= 0.6 is 0 Å². The topological polar surface area (TPSA) is 46.8 Å². The average molecular weight is 309 g/mol. The number of aryl methyl sites for hydroxylation is 1. The SMILES string of the molecule is Cc1cccn2cc(COc3ccc(C(=O)N(C)C)cc3)nc12. The first-order valence-corrected chi connectivity index (χ1v) is 7.42. The lowest BCUT2D eigenvalue weighted by atomic mass is 10.2. The van der Waals surface area contributed by atoms with Gasteiger partial charge in [-0.25, -0.2) is 4.98 Å². The van der Waals surface area contributed by atoms with Gasteiger partial charge in [-0.05, 0) is 42.8 Å². The highest BCUT2D eigenvalue weighted by Crippen LogP contribution is 2.16. The van der Waals surface area contributed by atoms with Gasteiger partial charge < -0.3 is 14.0 Å². The molecular weight excluding hydrogens is 290 g/mol. The molecule has 2 aromatic heterocycles. The molecule has 5 heteroatoms. The molecular formula is C18H19N3O2. The van der Waals surface area contributed by atoms with Crippen LogP contribution in [0.1, 0.15) is 21.6 Å². The first-order chi connectivity index (χ1) is 11.0. The molecule has 1 amide bonds. The van der Waals surface area contributed by atoms with E-state index in [-0.39, 0.29) is 5.91 Å². The van der Waals surface area contributed by atoms with E-state index in [9.17, 15) is 4.79 Å². The molecule has 5 nitrogen and oxygen atoms in total. The monoisotopic (exact) mass is 309 g/mol. The van der Waals surface area contributed by atoms with Gasteiger partial charge in [-0.2, -0.15) is 0 Å². The maximum absolute atomic E-state index is 11.8. The summed E-state index contributed by atoms with van der Waals surface area (Å²) in [4.78, 5) is 18.0. The molecule has 0 aliphatic heterocycles. The van der Waals surface area contributed by atoms with Crippen LogP contribution in [0.4, 0.5) is 0 Å². The lowest BCUT2D eigenvalue weighted by Crippen LogP contribution is -2.21. The second-order valence-corrected chi connectivity index (χ2v) is 5.67. The molecule has 0 radical (unpaired) electrons. The Morgan fingerprint density at radius 3 is 2.61 bits per heavy atom. The minimum atomic E-state index is -0.0209. The number of carbonyl (C=O) groups excluding carboxylic acids is 1. The predicted molar refractivity (Wildman–Crippen MR) is 88.7 cm³/mol. The third kappa shape index (κ3) is 3.18. The number of amides is 1. The van der Waals surface area contributed by atoms with E-state index >= 15 is 0 Å². The number of aromatic nitrogens is 2. The average Bonchev–Trinajstić information content (AvgIpc) is 2.97. The van der Waals surface area contributed by atoms with Crippen molar-refractivity contribution in [3.05, 3.63) is 65.6 Å². The van der Waals surface area contributed by atoms with Crippen molar-refractivity contribution in [3.8, 4) is 5.75 Å². The Hall–Kier alpha value is -2.82. The summed E-state index contributed by atoms with van der Waals surface area (Å²) in [6.45, 7) is 2.43. The van der Waals surface area contributed by atoms with Gasteiger partial charge in [0.05, 0.1) is 5.69 Å². The summed E-state index contributed by atoms with van der Waals surface area (Å²) in [6.07, 6.45) is 3.94. The molecule has 0 spiro atoms. The second-order valence-electron chi connectivity index (χ2n) is 5.67. The van der Waals surface area contributed by atoms with E-state index < -0.39 is 0 Å². The van der Waals surface area contributed by atoms with Crippen LogP contribution in [-0.2, 0) is 6.61 Å².